The van der Waals surface area contributed by atoms with E-state index in [2.05, 4.69) is 47.5 Å². The standard InChI is InChI=1S/C17H20N4/c1-13-7-3-4-8-14(13)12-20(2)17-15(11-18)21-10-6-5-9-16(21)19-17/h3-10H,11-12,18H2,1-2H3. The zero-order chi connectivity index (χ0) is 14.8. The van der Waals surface area contributed by atoms with E-state index in [0.29, 0.717) is 6.54 Å². The summed E-state index contributed by atoms with van der Waals surface area (Å²) < 4.78 is 2.06. The van der Waals surface area contributed by atoms with Crippen LogP contribution in [0.4, 0.5) is 5.82 Å². The van der Waals surface area contributed by atoms with Crippen molar-refractivity contribution < 1.29 is 0 Å². The van der Waals surface area contributed by atoms with Crippen LogP contribution >= 0.6 is 0 Å². The van der Waals surface area contributed by atoms with E-state index in [4.69, 9.17) is 10.7 Å². The van der Waals surface area contributed by atoms with Crippen LogP contribution in [0.3, 0.4) is 0 Å². The largest absolute Gasteiger partial charge is 0.354 e. The maximum atomic E-state index is 5.93. The zero-order valence-electron chi connectivity index (χ0n) is 12.5. The average molecular weight is 280 g/mol. The van der Waals surface area contributed by atoms with Gasteiger partial charge in [-0.25, -0.2) is 4.98 Å². The third kappa shape index (κ3) is 2.50. The minimum atomic E-state index is 0.471. The Morgan fingerprint density at radius 3 is 2.67 bits per heavy atom. The molecule has 3 rings (SSSR count). The summed E-state index contributed by atoms with van der Waals surface area (Å²) in [6.45, 7) is 3.43. The lowest BCUT2D eigenvalue weighted by molar-refractivity contribution is 0.868. The molecule has 0 radical (unpaired) electrons. The molecule has 3 aromatic rings. The van der Waals surface area contributed by atoms with Gasteiger partial charge in [0.1, 0.15) is 5.65 Å². The van der Waals surface area contributed by atoms with Gasteiger partial charge in [-0.15, -0.1) is 0 Å². The van der Waals surface area contributed by atoms with Gasteiger partial charge >= 0.3 is 0 Å². The van der Waals surface area contributed by atoms with Crippen LogP contribution in [0.2, 0.25) is 0 Å². The van der Waals surface area contributed by atoms with Crippen molar-refractivity contribution in [1.29, 1.82) is 0 Å². The fourth-order valence-electron chi connectivity index (χ4n) is 2.65. The number of aromatic nitrogens is 2. The second-order valence-corrected chi connectivity index (χ2v) is 5.30. The second-order valence-electron chi connectivity index (χ2n) is 5.30. The first kappa shape index (κ1) is 13.6. The van der Waals surface area contributed by atoms with E-state index in [0.717, 1.165) is 23.7 Å². The molecule has 0 saturated carbocycles. The van der Waals surface area contributed by atoms with Gasteiger partial charge in [-0.2, -0.15) is 0 Å². The van der Waals surface area contributed by atoms with Crippen LogP contribution < -0.4 is 10.6 Å². The molecule has 21 heavy (non-hydrogen) atoms. The Balaban J connectivity index is 1.98. The Hall–Kier alpha value is -2.33. The van der Waals surface area contributed by atoms with Crippen LogP contribution in [-0.2, 0) is 13.1 Å². The number of aryl methyl sites for hydroxylation is 1. The predicted octanol–water partition coefficient (Wildman–Crippen LogP) is 2.74. The molecule has 0 spiro atoms. The molecule has 0 amide bonds. The van der Waals surface area contributed by atoms with Gasteiger partial charge in [0, 0.05) is 26.3 Å². The summed E-state index contributed by atoms with van der Waals surface area (Å²) in [5, 5.41) is 0. The zero-order valence-corrected chi connectivity index (χ0v) is 12.5. The molecule has 0 aliphatic carbocycles. The van der Waals surface area contributed by atoms with Crippen LogP contribution in [0.25, 0.3) is 5.65 Å². The molecule has 2 heterocycles. The average Bonchev–Trinajstić information content (AvgIpc) is 2.88. The van der Waals surface area contributed by atoms with Crippen molar-refractivity contribution in [2.24, 2.45) is 5.73 Å². The summed E-state index contributed by atoms with van der Waals surface area (Å²) in [4.78, 5) is 6.88. The van der Waals surface area contributed by atoms with Gasteiger partial charge < -0.3 is 15.0 Å². The highest BCUT2D eigenvalue weighted by Gasteiger charge is 2.15. The fourth-order valence-corrected chi connectivity index (χ4v) is 2.65. The maximum Gasteiger partial charge on any atom is 0.152 e. The molecule has 1 aromatic carbocycles. The monoisotopic (exact) mass is 280 g/mol. The van der Waals surface area contributed by atoms with Gasteiger partial charge in [-0.3, -0.25) is 0 Å². The summed E-state index contributed by atoms with van der Waals surface area (Å²) in [5.41, 5.74) is 10.5. The van der Waals surface area contributed by atoms with Crippen LogP contribution in [0.5, 0.6) is 0 Å². The Kier molecular flexibility index (Phi) is 3.62. The van der Waals surface area contributed by atoms with Crippen molar-refractivity contribution in [3.05, 3.63) is 65.5 Å². The van der Waals surface area contributed by atoms with E-state index >= 15 is 0 Å². The summed E-state index contributed by atoms with van der Waals surface area (Å²) in [7, 11) is 2.06. The SMILES string of the molecule is Cc1ccccc1CN(C)c1nc2ccccn2c1CN. The first-order valence-electron chi connectivity index (χ1n) is 7.12. The quantitative estimate of drug-likeness (QED) is 0.799. The Labute approximate surface area is 124 Å². The van der Waals surface area contributed by atoms with Gasteiger partial charge in [0.25, 0.3) is 0 Å². The van der Waals surface area contributed by atoms with E-state index in [1.807, 2.05) is 24.4 Å². The number of hydrogen-bond donors (Lipinski definition) is 1. The second kappa shape index (κ2) is 5.58. The molecule has 4 nitrogen and oxygen atoms in total. The van der Waals surface area contributed by atoms with Crippen LogP contribution in [-0.4, -0.2) is 16.4 Å². The molecule has 0 unspecified atom stereocenters. The molecular formula is C17H20N4. The van der Waals surface area contributed by atoms with E-state index in [9.17, 15) is 0 Å². The van der Waals surface area contributed by atoms with E-state index in [1.54, 1.807) is 0 Å². The normalized spacial score (nSPS) is 11.0. The topological polar surface area (TPSA) is 46.6 Å². The van der Waals surface area contributed by atoms with Crippen molar-refractivity contribution in [3.63, 3.8) is 0 Å². The van der Waals surface area contributed by atoms with Crippen molar-refractivity contribution in [2.45, 2.75) is 20.0 Å². The van der Waals surface area contributed by atoms with E-state index in [1.165, 1.54) is 11.1 Å². The number of pyridine rings is 1. The third-order valence-electron chi connectivity index (χ3n) is 3.83. The molecule has 4 heteroatoms. The van der Waals surface area contributed by atoms with Crippen LogP contribution in [0.15, 0.2) is 48.7 Å². The highest BCUT2D eigenvalue weighted by molar-refractivity contribution is 5.56. The molecule has 0 fully saturated rings. The number of imidazole rings is 1. The highest BCUT2D eigenvalue weighted by atomic mass is 15.2. The summed E-state index contributed by atoms with van der Waals surface area (Å²) >= 11 is 0. The molecular weight excluding hydrogens is 260 g/mol. The number of nitrogens with zero attached hydrogens (tertiary/aromatic N) is 3. The molecule has 0 saturated heterocycles. The van der Waals surface area contributed by atoms with Crippen molar-refractivity contribution in [3.8, 4) is 0 Å². The molecule has 0 atom stereocenters. The van der Waals surface area contributed by atoms with E-state index < -0.39 is 0 Å². The molecule has 0 bridgehead atoms. The molecule has 0 aliphatic rings. The summed E-state index contributed by atoms with van der Waals surface area (Å²) in [5.74, 6) is 0.951. The first-order chi connectivity index (χ1) is 10.2. The molecule has 2 N–H and O–H groups in total. The number of nitrogens with two attached hydrogens (primary N) is 1. The molecule has 108 valence electrons. The lowest BCUT2D eigenvalue weighted by Gasteiger charge is -2.19. The van der Waals surface area contributed by atoms with Crippen LogP contribution in [0.1, 0.15) is 16.8 Å². The first-order valence-corrected chi connectivity index (χ1v) is 7.12. The van der Waals surface area contributed by atoms with Crippen molar-refractivity contribution in [2.75, 3.05) is 11.9 Å². The van der Waals surface area contributed by atoms with Gasteiger partial charge in [-0.05, 0) is 30.2 Å². The Bertz CT molecular complexity index is 760. The minimum Gasteiger partial charge on any atom is -0.354 e. The van der Waals surface area contributed by atoms with Gasteiger partial charge in [0.2, 0.25) is 0 Å². The Morgan fingerprint density at radius 1 is 1.14 bits per heavy atom. The summed E-state index contributed by atoms with van der Waals surface area (Å²) in [6, 6.07) is 14.4. The fraction of sp³-hybridized carbons (Fsp3) is 0.235. The number of rotatable bonds is 4. The number of hydrogen-bond acceptors (Lipinski definition) is 3. The lowest BCUT2D eigenvalue weighted by atomic mass is 10.1. The molecule has 2 aromatic heterocycles. The number of benzene rings is 1. The number of anilines is 1. The third-order valence-corrected chi connectivity index (χ3v) is 3.83. The predicted molar refractivity (Wildman–Crippen MR) is 86.4 cm³/mol. The van der Waals surface area contributed by atoms with E-state index in [-0.39, 0.29) is 0 Å². The number of fused-ring (bicyclic) bond motifs is 1. The molecule has 0 aliphatic heterocycles. The smallest absolute Gasteiger partial charge is 0.152 e. The van der Waals surface area contributed by atoms with Crippen LogP contribution in [0, 0.1) is 6.92 Å². The minimum absolute atomic E-state index is 0.471. The Morgan fingerprint density at radius 2 is 1.90 bits per heavy atom. The van der Waals surface area contributed by atoms with Gasteiger partial charge in [-0.1, -0.05) is 30.3 Å². The van der Waals surface area contributed by atoms with Gasteiger partial charge in [0.05, 0.1) is 5.69 Å². The van der Waals surface area contributed by atoms with Crippen molar-refractivity contribution in [1.82, 2.24) is 9.38 Å². The highest BCUT2D eigenvalue weighted by Crippen LogP contribution is 2.22. The lowest BCUT2D eigenvalue weighted by Crippen LogP contribution is -2.20. The summed E-state index contributed by atoms with van der Waals surface area (Å²) in [6.07, 6.45) is 2.01. The van der Waals surface area contributed by atoms with Crippen molar-refractivity contribution >= 4 is 11.5 Å². The van der Waals surface area contributed by atoms with Gasteiger partial charge in [0.15, 0.2) is 5.82 Å². The maximum absolute atomic E-state index is 5.93.